The molecule has 2 nitrogen and oxygen atoms in total. The van der Waals surface area contributed by atoms with Crippen molar-refractivity contribution in [3.8, 4) is 5.75 Å². The lowest BCUT2D eigenvalue weighted by Gasteiger charge is -2.06. The highest BCUT2D eigenvalue weighted by Crippen LogP contribution is 2.19. The Kier molecular flexibility index (Phi) is 3.32. The number of halogens is 3. The van der Waals surface area contributed by atoms with Gasteiger partial charge in [-0.25, -0.2) is 18.0 Å². The smallest absolute Gasteiger partial charge is 0.349 e. The van der Waals surface area contributed by atoms with E-state index >= 15 is 0 Å². The molecule has 5 heteroatoms. The summed E-state index contributed by atoms with van der Waals surface area (Å²) in [6.07, 6.45) is 0. The molecule has 0 aliphatic rings. The van der Waals surface area contributed by atoms with Crippen molar-refractivity contribution >= 4 is 5.97 Å². The van der Waals surface area contributed by atoms with Crippen molar-refractivity contribution in [3.63, 3.8) is 0 Å². The number of para-hydroxylation sites is 1. The van der Waals surface area contributed by atoms with Crippen molar-refractivity contribution in [2.75, 3.05) is 0 Å². The molecule has 0 spiro atoms. The van der Waals surface area contributed by atoms with E-state index in [0.29, 0.717) is 0 Å². The number of carbonyl (C=O) groups excluding carboxylic acids is 1. The molecule has 0 aromatic heterocycles. The number of hydrogen-bond acceptors (Lipinski definition) is 2. The second kappa shape index (κ2) is 4.91. The van der Waals surface area contributed by atoms with Crippen molar-refractivity contribution in [1.82, 2.24) is 0 Å². The average Bonchev–Trinajstić information content (AvgIpc) is 2.32. The van der Waals surface area contributed by atoms with E-state index in [1.54, 1.807) is 0 Å². The average molecular weight is 252 g/mol. The highest BCUT2D eigenvalue weighted by atomic mass is 19.1. The van der Waals surface area contributed by atoms with Gasteiger partial charge < -0.3 is 4.74 Å². The number of carbonyl (C=O) groups is 1. The fourth-order valence-electron chi connectivity index (χ4n) is 1.37. The molecule has 2 rings (SSSR count). The number of ether oxygens (including phenoxy) is 1. The quantitative estimate of drug-likeness (QED) is 0.605. The Morgan fingerprint density at radius 3 is 2.00 bits per heavy atom. The number of hydrogen-bond donors (Lipinski definition) is 0. The fourth-order valence-corrected chi connectivity index (χ4v) is 1.37. The molecule has 2 aromatic carbocycles. The molecule has 0 atom stereocenters. The SMILES string of the molecule is O=C(Oc1ccccc1F)c1c(F)cccc1F. The molecule has 92 valence electrons. The van der Waals surface area contributed by atoms with Crippen LogP contribution in [-0.4, -0.2) is 5.97 Å². The molecule has 0 aliphatic heterocycles. The molecule has 0 heterocycles. The molecule has 2 aromatic rings. The standard InChI is InChI=1S/C13H7F3O2/c14-8-4-1-2-7-11(8)18-13(17)12-9(15)5-3-6-10(12)16/h1-7H. The van der Waals surface area contributed by atoms with Crippen molar-refractivity contribution in [1.29, 1.82) is 0 Å². The Bertz CT molecular complexity index is 576. The summed E-state index contributed by atoms with van der Waals surface area (Å²) in [4.78, 5) is 11.5. The van der Waals surface area contributed by atoms with Crippen LogP contribution in [0.3, 0.4) is 0 Å². The molecule has 0 fully saturated rings. The Balaban J connectivity index is 2.31. The first-order chi connectivity index (χ1) is 8.59. The molecule has 0 saturated heterocycles. The molecular weight excluding hydrogens is 245 g/mol. The summed E-state index contributed by atoms with van der Waals surface area (Å²) in [5.41, 5.74) is -0.847. The first kappa shape index (κ1) is 12.2. The largest absolute Gasteiger partial charge is 0.420 e. The van der Waals surface area contributed by atoms with Gasteiger partial charge in [0, 0.05) is 0 Å². The van der Waals surface area contributed by atoms with E-state index in [1.165, 1.54) is 18.2 Å². The number of benzene rings is 2. The highest BCUT2D eigenvalue weighted by Gasteiger charge is 2.20. The minimum atomic E-state index is -1.28. The van der Waals surface area contributed by atoms with E-state index < -0.39 is 29.0 Å². The fraction of sp³-hybridized carbons (Fsp3) is 0. The Morgan fingerprint density at radius 2 is 1.39 bits per heavy atom. The van der Waals surface area contributed by atoms with Gasteiger partial charge in [0.1, 0.15) is 17.2 Å². The molecule has 18 heavy (non-hydrogen) atoms. The second-order valence-electron chi connectivity index (χ2n) is 3.42. The molecular formula is C13H7F3O2. The van der Waals surface area contributed by atoms with Gasteiger partial charge in [-0.15, -0.1) is 0 Å². The van der Waals surface area contributed by atoms with Gasteiger partial charge >= 0.3 is 5.97 Å². The number of rotatable bonds is 2. The van der Waals surface area contributed by atoms with Gasteiger partial charge in [-0.05, 0) is 24.3 Å². The molecule has 0 saturated carbocycles. The highest BCUT2D eigenvalue weighted by molar-refractivity contribution is 5.91. The summed E-state index contributed by atoms with van der Waals surface area (Å²) < 4.78 is 44.3. The predicted molar refractivity (Wildman–Crippen MR) is 57.7 cm³/mol. The van der Waals surface area contributed by atoms with E-state index in [4.69, 9.17) is 0 Å². The summed E-state index contributed by atoms with van der Waals surface area (Å²) in [7, 11) is 0. The maximum atomic E-state index is 13.3. The minimum Gasteiger partial charge on any atom is -0.420 e. The summed E-state index contributed by atoms with van der Waals surface area (Å²) in [5, 5.41) is 0. The maximum absolute atomic E-state index is 13.3. The van der Waals surface area contributed by atoms with E-state index in [9.17, 15) is 18.0 Å². The lowest BCUT2D eigenvalue weighted by atomic mass is 10.2. The van der Waals surface area contributed by atoms with Crippen molar-refractivity contribution < 1.29 is 22.7 Å². The van der Waals surface area contributed by atoms with Gasteiger partial charge in [-0.2, -0.15) is 0 Å². The second-order valence-corrected chi connectivity index (χ2v) is 3.42. The minimum absolute atomic E-state index is 0.384. The lowest BCUT2D eigenvalue weighted by molar-refractivity contribution is 0.0717. The topological polar surface area (TPSA) is 26.3 Å². The van der Waals surface area contributed by atoms with E-state index in [-0.39, 0.29) is 5.75 Å². The van der Waals surface area contributed by atoms with Crippen LogP contribution in [0, 0.1) is 17.5 Å². The van der Waals surface area contributed by atoms with E-state index in [0.717, 1.165) is 24.3 Å². The van der Waals surface area contributed by atoms with Gasteiger partial charge in [0.05, 0.1) is 0 Å². The van der Waals surface area contributed by atoms with E-state index in [1.807, 2.05) is 0 Å². The zero-order valence-corrected chi connectivity index (χ0v) is 8.99. The normalized spacial score (nSPS) is 10.2. The van der Waals surface area contributed by atoms with Crippen LogP contribution in [0.4, 0.5) is 13.2 Å². The van der Waals surface area contributed by atoms with Crippen molar-refractivity contribution in [2.24, 2.45) is 0 Å². The Hall–Kier alpha value is -2.30. The first-order valence-electron chi connectivity index (χ1n) is 5.00. The molecule has 0 radical (unpaired) electrons. The van der Waals surface area contributed by atoms with Crippen molar-refractivity contribution in [2.45, 2.75) is 0 Å². The monoisotopic (exact) mass is 252 g/mol. The predicted octanol–water partition coefficient (Wildman–Crippen LogP) is 3.32. The molecule has 0 unspecified atom stereocenters. The van der Waals surface area contributed by atoms with Gasteiger partial charge in [0.15, 0.2) is 11.6 Å². The molecule has 0 N–H and O–H groups in total. The van der Waals surface area contributed by atoms with Gasteiger partial charge in [0.2, 0.25) is 0 Å². The summed E-state index contributed by atoms with van der Waals surface area (Å²) in [6.45, 7) is 0. The zero-order chi connectivity index (χ0) is 13.1. The number of esters is 1. The third-order valence-corrected chi connectivity index (χ3v) is 2.21. The van der Waals surface area contributed by atoms with Gasteiger partial charge in [-0.1, -0.05) is 18.2 Å². The van der Waals surface area contributed by atoms with Crippen LogP contribution in [0.25, 0.3) is 0 Å². The summed E-state index contributed by atoms with van der Waals surface area (Å²) >= 11 is 0. The van der Waals surface area contributed by atoms with Crippen LogP contribution in [0.1, 0.15) is 10.4 Å². The zero-order valence-electron chi connectivity index (χ0n) is 8.99. The lowest BCUT2D eigenvalue weighted by Crippen LogP contribution is -2.13. The van der Waals surface area contributed by atoms with Gasteiger partial charge in [0.25, 0.3) is 0 Å². The molecule has 0 amide bonds. The van der Waals surface area contributed by atoms with Crippen LogP contribution in [-0.2, 0) is 0 Å². The van der Waals surface area contributed by atoms with Crippen molar-refractivity contribution in [3.05, 3.63) is 65.5 Å². The molecule has 0 bridgehead atoms. The Labute approximate surface area is 101 Å². The maximum Gasteiger partial charge on any atom is 0.349 e. The van der Waals surface area contributed by atoms with Crippen LogP contribution in [0.5, 0.6) is 5.75 Å². The summed E-state index contributed by atoms with van der Waals surface area (Å²) in [5.74, 6) is -4.57. The first-order valence-corrected chi connectivity index (χ1v) is 5.00. The van der Waals surface area contributed by atoms with Gasteiger partial charge in [-0.3, -0.25) is 0 Å². The third kappa shape index (κ3) is 2.34. The summed E-state index contributed by atoms with van der Waals surface area (Å²) in [6, 6.07) is 8.04. The van der Waals surface area contributed by atoms with Crippen LogP contribution in [0.15, 0.2) is 42.5 Å². The molecule has 0 aliphatic carbocycles. The van der Waals surface area contributed by atoms with E-state index in [2.05, 4.69) is 4.74 Å². The van der Waals surface area contributed by atoms with Crippen LogP contribution < -0.4 is 4.74 Å². The van der Waals surface area contributed by atoms with Crippen LogP contribution in [0.2, 0.25) is 0 Å². The van der Waals surface area contributed by atoms with Crippen LogP contribution >= 0.6 is 0 Å². The third-order valence-electron chi connectivity index (χ3n) is 2.21. The Morgan fingerprint density at radius 1 is 0.833 bits per heavy atom.